The van der Waals surface area contributed by atoms with E-state index in [0.29, 0.717) is 5.56 Å². The van der Waals surface area contributed by atoms with E-state index in [0.717, 1.165) is 10.4 Å². The Bertz CT molecular complexity index is 1550. The molecule has 1 aliphatic heterocycles. The molecule has 1 saturated heterocycles. The first-order valence-corrected chi connectivity index (χ1v) is 20.1. The van der Waals surface area contributed by atoms with Gasteiger partial charge in [-0.3, -0.25) is 19.1 Å². The zero-order valence-corrected chi connectivity index (χ0v) is 29.8. The maximum absolute atomic E-state index is 13.9. The molecule has 0 saturated carbocycles. The van der Waals surface area contributed by atoms with Crippen LogP contribution in [0.25, 0.3) is 0 Å². The molecule has 1 unspecified atom stereocenters. The highest BCUT2D eigenvalue weighted by molar-refractivity contribution is 6.99. The number of ether oxygens (including phenoxy) is 1. The normalized spacial score (nSPS) is 21.4. The SMILES string of the molecule is CC(=O)[C@]1(CO[Si](c2ccccc2)(c2ccccc2)C(C)(C)C)O[C@@H](n2cc(C)c(=O)[nH]c2=O)CC1O[Si](C)(C)C(C)(C)C. The highest BCUT2D eigenvalue weighted by Gasteiger charge is 2.59. The third kappa shape index (κ3) is 6.15. The monoisotopic (exact) mass is 636 g/mol. The smallest absolute Gasteiger partial charge is 0.330 e. The Morgan fingerprint density at radius 2 is 1.48 bits per heavy atom. The number of aromatic nitrogens is 2. The summed E-state index contributed by atoms with van der Waals surface area (Å²) in [6.45, 7) is 20.4. The molecule has 238 valence electrons. The molecule has 3 atom stereocenters. The van der Waals surface area contributed by atoms with Crippen molar-refractivity contribution in [1.29, 1.82) is 0 Å². The molecule has 0 bridgehead atoms. The molecular formula is C34H48N2O6Si2. The number of hydrogen-bond acceptors (Lipinski definition) is 6. The Hall–Kier alpha value is -2.90. The van der Waals surface area contributed by atoms with E-state index in [-0.39, 0.29) is 28.9 Å². The maximum atomic E-state index is 13.9. The van der Waals surface area contributed by atoms with Crippen LogP contribution in [0.1, 0.15) is 66.7 Å². The lowest BCUT2D eigenvalue weighted by molar-refractivity contribution is -0.160. The van der Waals surface area contributed by atoms with Gasteiger partial charge in [0.25, 0.3) is 13.9 Å². The van der Waals surface area contributed by atoms with Gasteiger partial charge >= 0.3 is 5.69 Å². The first-order chi connectivity index (χ1) is 20.4. The number of benzene rings is 2. The Morgan fingerprint density at radius 1 is 0.955 bits per heavy atom. The van der Waals surface area contributed by atoms with E-state index in [1.54, 1.807) is 6.92 Å². The van der Waals surface area contributed by atoms with Crippen LogP contribution in [0.5, 0.6) is 0 Å². The Labute approximate surface area is 263 Å². The summed E-state index contributed by atoms with van der Waals surface area (Å²) in [4.78, 5) is 41.5. The van der Waals surface area contributed by atoms with Gasteiger partial charge in [-0.15, -0.1) is 0 Å². The van der Waals surface area contributed by atoms with Crippen molar-refractivity contribution in [2.45, 2.75) is 103 Å². The standard InChI is InChI=1S/C34H48N2O6Si2/c1-24-22-36(31(39)35-30(24)38)29-21-28(42-43(9,10)32(3,4)5)34(41-29,25(2)37)23-40-44(33(6,7)8,26-17-13-11-14-18-26)27-19-15-12-16-20-27/h11-20,22,28-29H,21,23H2,1-10H3,(H,35,38,39)/t28?,29-,34+/m1/s1. The third-order valence-electron chi connectivity index (χ3n) is 9.50. The van der Waals surface area contributed by atoms with Crippen LogP contribution in [0.4, 0.5) is 0 Å². The third-order valence-corrected chi connectivity index (χ3v) is 19.0. The zero-order chi connectivity index (χ0) is 32.7. The molecule has 0 amide bonds. The van der Waals surface area contributed by atoms with Gasteiger partial charge in [0.05, 0.1) is 12.7 Å². The second kappa shape index (κ2) is 12.1. The Kier molecular flexibility index (Phi) is 9.37. The molecular weight excluding hydrogens is 589 g/mol. The van der Waals surface area contributed by atoms with E-state index in [4.69, 9.17) is 13.6 Å². The van der Waals surface area contributed by atoms with Crippen LogP contribution in [0, 0.1) is 6.92 Å². The van der Waals surface area contributed by atoms with Gasteiger partial charge in [0.15, 0.2) is 19.7 Å². The first kappa shape index (κ1) is 34.0. The van der Waals surface area contributed by atoms with Gasteiger partial charge in [-0.1, -0.05) is 102 Å². The van der Waals surface area contributed by atoms with Crippen LogP contribution < -0.4 is 21.6 Å². The fourth-order valence-corrected chi connectivity index (χ4v) is 11.8. The molecule has 0 radical (unpaired) electrons. The minimum absolute atomic E-state index is 0.0531. The number of Topliss-reactive ketones (excluding diaryl/α,β-unsaturated/α-hetero) is 1. The molecule has 44 heavy (non-hydrogen) atoms. The summed E-state index contributed by atoms with van der Waals surface area (Å²) in [7, 11) is -5.49. The van der Waals surface area contributed by atoms with Crippen molar-refractivity contribution < 1.29 is 18.4 Å². The van der Waals surface area contributed by atoms with Gasteiger partial charge in [-0.05, 0) is 47.4 Å². The average Bonchev–Trinajstić information content (AvgIpc) is 3.29. The van der Waals surface area contributed by atoms with E-state index < -0.39 is 45.8 Å². The minimum atomic E-state index is -3.06. The molecule has 2 heterocycles. The molecule has 10 heteroatoms. The summed E-state index contributed by atoms with van der Waals surface area (Å²) in [6.07, 6.45) is 0.235. The minimum Gasteiger partial charge on any atom is -0.410 e. The van der Waals surface area contributed by atoms with Crippen LogP contribution in [0.2, 0.25) is 23.2 Å². The van der Waals surface area contributed by atoms with Crippen LogP contribution in [-0.2, 0) is 18.4 Å². The molecule has 0 spiro atoms. The molecule has 1 aliphatic rings. The lowest BCUT2D eigenvalue weighted by Crippen LogP contribution is -2.69. The van der Waals surface area contributed by atoms with Gasteiger partial charge < -0.3 is 13.6 Å². The predicted molar refractivity (Wildman–Crippen MR) is 180 cm³/mol. The molecule has 3 aromatic rings. The summed E-state index contributed by atoms with van der Waals surface area (Å²) in [5, 5.41) is 1.70. The second-order valence-corrected chi connectivity index (χ2v) is 23.6. The molecule has 1 N–H and O–H groups in total. The first-order valence-electron chi connectivity index (χ1n) is 15.3. The van der Waals surface area contributed by atoms with Gasteiger partial charge in [0, 0.05) is 18.2 Å². The summed E-state index contributed by atoms with van der Waals surface area (Å²) < 4.78 is 22.4. The Balaban J connectivity index is 1.89. The summed E-state index contributed by atoms with van der Waals surface area (Å²) in [6, 6.07) is 20.5. The molecule has 2 aromatic carbocycles. The fraction of sp³-hybridized carbons (Fsp3) is 0.500. The number of rotatable bonds is 9. The van der Waals surface area contributed by atoms with Crippen molar-refractivity contribution in [1.82, 2.24) is 9.55 Å². The number of carbonyl (C=O) groups is 1. The number of H-pyrrole nitrogens is 1. The van der Waals surface area contributed by atoms with E-state index >= 15 is 0 Å². The predicted octanol–water partition coefficient (Wildman–Crippen LogP) is 5.06. The average molecular weight is 637 g/mol. The lowest BCUT2D eigenvalue weighted by atomic mass is 9.93. The lowest BCUT2D eigenvalue weighted by Gasteiger charge is -2.46. The van der Waals surface area contributed by atoms with Gasteiger partial charge in [0.1, 0.15) is 6.23 Å². The number of aromatic amines is 1. The van der Waals surface area contributed by atoms with E-state index in [1.165, 1.54) is 17.7 Å². The van der Waals surface area contributed by atoms with Gasteiger partial charge in [-0.2, -0.15) is 0 Å². The molecule has 0 aliphatic carbocycles. The number of nitrogens with one attached hydrogen (secondary N) is 1. The van der Waals surface area contributed by atoms with Crippen molar-refractivity contribution >= 4 is 32.8 Å². The van der Waals surface area contributed by atoms with Crippen molar-refractivity contribution in [3.05, 3.63) is 93.3 Å². The van der Waals surface area contributed by atoms with Crippen LogP contribution in [0.3, 0.4) is 0 Å². The van der Waals surface area contributed by atoms with Crippen molar-refractivity contribution in [3.63, 3.8) is 0 Å². The second-order valence-electron chi connectivity index (χ2n) is 14.6. The van der Waals surface area contributed by atoms with E-state index in [9.17, 15) is 14.4 Å². The van der Waals surface area contributed by atoms with Crippen LogP contribution >= 0.6 is 0 Å². The van der Waals surface area contributed by atoms with Crippen molar-refractivity contribution in [3.8, 4) is 0 Å². The van der Waals surface area contributed by atoms with E-state index in [1.807, 2.05) is 36.4 Å². The number of ketones is 1. The summed E-state index contributed by atoms with van der Waals surface area (Å²) in [5.41, 5.74) is -2.16. The highest BCUT2D eigenvalue weighted by Crippen LogP contribution is 2.46. The summed E-state index contributed by atoms with van der Waals surface area (Å²) in [5.74, 6) is -0.226. The van der Waals surface area contributed by atoms with Crippen molar-refractivity contribution in [2.75, 3.05) is 6.61 Å². The molecule has 8 nitrogen and oxygen atoms in total. The molecule has 1 fully saturated rings. The number of hydrogen-bond donors (Lipinski definition) is 1. The number of carbonyl (C=O) groups excluding carboxylic acids is 1. The topological polar surface area (TPSA) is 99.6 Å². The van der Waals surface area contributed by atoms with Gasteiger partial charge in [-0.25, -0.2) is 4.79 Å². The zero-order valence-electron chi connectivity index (χ0n) is 27.8. The molecule has 4 rings (SSSR count). The largest absolute Gasteiger partial charge is 0.410 e. The quantitative estimate of drug-likeness (QED) is 0.330. The van der Waals surface area contributed by atoms with Gasteiger partial charge in [0.2, 0.25) is 0 Å². The highest BCUT2D eigenvalue weighted by atomic mass is 28.4. The molecule has 1 aromatic heterocycles. The fourth-order valence-electron chi connectivity index (χ4n) is 5.90. The van der Waals surface area contributed by atoms with Crippen molar-refractivity contribution in [2.24, 2.45) is 0 Å². The number of aryl methyl sites for hydroxylation is 1. The van der Waals surface area contributed by atoms with Crippen LogP contribution in [-0.4, -0.2) is 50.3 Å². The van der Waals surface area contributed by atoms with Crippen LogP contribution in [0.15, 0.2) is 76.4 Å². The van der Waals surface area contributed by atoms with E-state index in [2.05, 4.69) is 83.9 Å². The summed E-state index contributed by atoms with van der Waals surface area (Å²) >= 11 is 0. The number of nitrogens with zero attached hydrogens (tertiary/aromatic N) is 1. The maximum Gasteiger partial charge on any atom is 0.330 e. The Morgan fingerprint density at radius 3 is 1.93 bits per heavy atom.